The summed E-state index contributed by atoms with van der Waals surface area (Å²) in [5.74, 6) is 0. The first-order chi connectivity index (χ1) is 7.66. The van der Waals surface area contributed by atoms with E-state index < -0.39 is 0 Å². The number of nitrogens with one attached hydrogen (secondary N) is 1. The van der Waals surface area contributed by atoms with Crippen molar-refractivity contribution in [3.8, 4) is 0 Å². The predicted molar refractivity (Wildman–Crippen MR) is 64.6 cm³/mol. The first-order valence-electron chi connectivity index (χ1n) is 6.78. The number of rotatable bonds is 1. The van der Waals surface area contributed by atoms with Crippen molar-refractivity contribution in [3.05, 3.63) is 0 Å². The molecular formula is C13H24N2O. The van der Waals surface area contributed by atoms with Gasteiger partial charge in [0, 0.05) is 30.7 Å². The zero-order chi connectivity index (χ0) is 11.2. The summed E-state index contributed by atoms with van der Waals surface area (Å²) in [5.41, 5.74) is 0.330. The highest BCUT2D eigenvalue weighted by molar-refractivity contribution is 4.99. The fourth-order valence-electron chi connectivity index (χ4n) is 3.77. The standard InChI is InChI=1S/C13H24N2O/c1-13(2)8-10(9-14-13)15-6-7-16-12-5-3-4-11(12)15/h10-12,14H,3-9H2,1-2H3. The van der Waals surface area contributed by atoms with Gasteiger partial charge >= 0.3 is 0 Å². The minimum atomic E-state index is 0.330. The van der Waals surface area contributed by atoms with Gasteiger partial charge in [-0.1, -0.05) is 0 Å². The average molecular weight is 224 g/mol. The molecule has 3 atom stereocenters. The zero-order valence-electron chi connectivity index (χ0n) is 10.5. The molecular weight excluding hydrogens is 200 g/mol. The second-order valence-electron chi connectivity index (χ2n) is 6.27. The van der Waals surface area contributed by atoms with Crippen LogP contribution in [0.2, 0.25) is 0 Å². The Morgan fingerprint density at radius 1 is 1.31 bits per heavy atom. The van der Waals surface area contributed by atoms with E-state index in [-0.39, 0.29) is 0 Å². The molecule has 0 radical (unpaired) electrons. The minimum absolute atomic E-state index is 0.330. The lowest BCUT2D eigenvalue weighted by atomic mass is 9.98. The first kappa shape index (κ1) is 11.0. The monoisotopic (exact) mass is 224 g/mol. The van der Waals surface area contributed by atoms with E-state index in [1.165, 1.54) is 25.7 Å². The van der Waals surface area contributed by atoms with Crippen molar-refractivity contribution in [2.24, 2.45) is 0 Å². The van der Waals surface area contributed by atoms with Crippen LogP contribution >= 0.6 is 0 Å². The van der Waals surface area contributed by atoms with Crippen LogP contribution in [-0.2, 0) is 4.74 Å². The summed E-state index contributed by atoms with van der Waals surface area (Å²) in [4.78, 5) is 2.74. The van der Waals surface area contributed by atoms with Crippen LogP contribution in [-0.4, -0.2) is 48.3 Å². The van der Waals surface area contributed by atoms with Gasteiger partial charge in [-0.25, -0.2) is 0 Å². The van der Waals surface area contributed by atoms with E-state index in [1.54, 1.807) is 0 Å². The third-order valence-electron chi connectivity index (χ3n) is 4.56. The highest BCUT2D eigenvalue weighted by Crippen LogP contribution is 2.33. The average Bonchev–Trinajstić information content (AvgIpc) is 2.83. The van der Waals surface area contributed by atoms with Crippen LogP contribution in [0.5, 0.6) is 0 Å². The van der Waals surface area contributed by atoms with E-state index in [4.69, 9.17) is 4.74 Å². The number of nitrogens with zero attached hydrogens (tertiary/aromatic N) is 1. The molecule has 2 saturated heterocycles. The van der Waals surface area contributed by atoms with E-state index in [0.29, 0.717) is 11.6 Å². The van der Waals surface area contributed by atoms with Crippen LogP contribution < -0.4 is 5.32 Å². The molecule has 3 nitrogen and oxygen atoms in total. The summed E-state index contributed by atoms with van der Waals surface area (Å²) in [5, 5.41) is 3.64. The van der Waals surface area contributed by atoms with Gasteiger partial charge in [-0.15, -0.1) is 0 Å². The predicted octanol–water partition coefficient (Wildman–Crippen LogP) is 1.38. The van der Waals surface area contributed by atoms with Crippen molar-refractivity contribution < 1.29 is 4.74 Å². The van der Waals surface area contributed by atoms with Crippen LogP contribution in [0, 0.1) is 0 Å². The number of hydrogen-bond acceptors (Lipinski definition) is 3. The Hall–Kier alpha value is -0.120. The van der Waals surface area contributed by atoms with E-state index >= 15 is 0 Å². The topological polar surface area (TPSA) is 24.5 Å². The summed E-state index contributed by atoms with van der Waals surface area (Å²) in [6, 6.07) is 1.46. The fraction of sp³-hybridized carbons (Fsp3) is 1.00. The van der Waals surface area contributed by atoms with Crippen molar-refractivity contribution in [3.63, 3.8) is 0 Å². The summed E-state index contributed by atoms with van der Waals surface area (Å²) in [6.45, 7) is 7.89. The number of ether oxygens (including phenoxy) is 1. The van der Waals surface area contributed by atoms with Gasteiger partial charge in [0.2, 0.25) is 0 Å². The largest absolute Gasteiger partial charge is 0.375 e. The van der Waals surface area contributed by atoms with Crippen molar-refractivity contribution in [1.29, 1.82) is 0 Å². The molecule has 0 bridgehead atoms. The SMILES string of the molecule is CC1(C)CC(N2CCOC3CCCC32)CN1. The molecule has 2 heterocycles. The van der Waals surface area contributed by atoms with Gasteiger partial charge in [-0.05, 0) is 39.5 Å². The third kappa shape index (κ3) is 1.89. The van der Waals surface area contributed by atoms with Crippen LogP contribution in [0.1, 0.15) is 39.5 Å². The van der Waals surface area contributed by atoms with Crippen molar-refractivity contribution in [2.45, 2.75) is 63.3 Å². The van der Waals surface area contributed by atoms with Crippen molar-refractivity contribution in [1.82, 2.24) is 10.2 Å². The van der Waals surface area contributed by atoms with Gasteiger partial charge in [-0.3, -0.25) is 4.90 Å². The van der Waals surface area contributed by atoms with Crippen molar-refractivity contribution in [2.75, 3.05) is 19.7 Å². The molecule has 0 aromatic carbocycles. The molecule has 2 aliphatic heterocycles. The molecule has 3 aliphatic rings. The lowest BCUT2D eigenvalue weighted by Crippen LogP contribution is -2.53. The molecule has 3 heteroatoms. The maximum absolute atomic E-state index is 5.88. The summed E-state index contributed by atoms with van der Waals surface area (Å²) >= 11 is 0. The van der Waals surface area contributed by atoms with Crippen LogP contribution in [0.4, 0.5) is 0 Å². The molecule has 1 N–H and O–H groups in total. The Bertz CT molecular complexity index is 267. The van der Waals surface area contributed by atoms with Crippen LogP contribution in [0.15, 0.2) is 0 Å². The Balaban J connectivity index is 1.69. The molecule has 0 amide bonds. The Morgan fingerprint density at radius 2 is 2.19 bits per heavy atom. The Labute approximate surface area is 98.5 Å². The lowest BCUT2D eigenvalue weighted by molar-refractivity contribution is -0.0694. The number of hydrogen-bond donors (Lipinski definition) is 1. The highest BCUT2D eigenvalue weighted by atomic mass is 16.5. The van der Waals surface area contributed by atoms with Crippen LogP contribution in [0.25, 0.3) is 0 Å². The molecule has 3 rings (SSSR count). The molecule has 1 saturated carbocycles. The Morgan fingerprint density at radius 3 is 2.94 bits per heavy atom. The molecule has 0 spiro atoms. The molecule has 16 heavy (non-hydrogen) atoms. The van der Waals surface area contributed by atoms with Gasteiger partial charge in [-0.2, -0.15) is 0 Å². The molecule has 0 aromatic heterocycles. The lowest BCUT2D eigenvalue weighted by Gasteiger charge is -2.41. The first-order valence-corrected chi connectivity index (χ1v) is 6.78. The molecule has 3 unspecified atom stereocenters. The summed E-state index contributed by atoms with van der Waals surface area (Å²) in [6.07, 6.45) is 5.82. The van der Waals surface area contributed by atoms with E-state index in [0.717, 1.165) is 31.8 Å². The van der Waals surface area contributed by atoms with Gasteiger partial charge in [0.05, 0.1) is 12.7 Å². The van der Waals surface area contributed by atoms with Gasteiger partial charge in [0.1, 0.15) is 0 Å². The second kappa shape index (κ2) is 3.97. The summed E-state index contributed by atoms with van der Waals surface area (Å²) < 4.78 is 5.88. The zero-order valence-corrected chi connectivity index (χ0v) is 10.5. The van der Waals surface area contributed by atoms with Gasteiger partial charge < -0.3 is 10.1 Å². The van der Waals surface area contributed by atoms with E-state index in [9.17, 15) is 0 Å². The summed E-state index contributed by atoms with van der Waals surface area (Å²) in [7, 11) is 0. The number of morpholine rings is 1. The molecule has 1 aliphatic carbocycles. The third-order valence-corrected chi connectivity index (χ3v) is 4.56. The van der Waals surface area contributed by atoms with Crippen molar-refractivity contribution >= 4 is 0 Å². The quantitative estimate of drug-likeness (QED) is 0.728. The number of fused-ring (bicyclic) bond motifs is 1. The molecule has 3 fully saturated rings. The minimum Gasteiger partial charge on any atom is -0.375 e. The highest BCUT2D eigenvalue weighted by Gasteiger charge is 2.42. The maximum Gasteiger partial charge on any atom is 0.0731 e. The molecule has 0 aromatic rings. The van der Waals surface area contributed by atoms with Gasteiger partial charge in [0.25, 0.3) is 0 Å². The fourth-order valence-corrected chi connectivity index (χ4v) is 3.77. The van der Waals surface area contributed by atoms with Crippen LogP contribution in [0.3, 0.4) is 0 Å². The second-order valence-corrected chi connectivity index (χ2v) is 6.27. The normalized spacial score (nSPS) is 43.5. The van der Waals surface area contributed by atoms with E-state index in [2.05, 4.69) is 24.1 Å². The van der Waals surface area contributed by atoms with E-state index in [1.807, 2.05) is 0 Å². The maximum atomic E-state index is 5.88. The Kier molecular flexibility index (Phi) is 2.73. The smallest absolute Gasteiger partial charge is 0.0731 e. The molecule has 92 valence electrons. The van der Waals surface area contributed by atoms with Gasteiger partial charge in [0.15, 0.2) is 0 Å².